The maximum atomic E-state index is 12.5. The molecule has 0 spiro atoms. The van der Waals surface area contributed by atoms with Crippen molar-refractivity contribution in [2.24, 2.45) is 11.7 Å². The van der Waals surface area contributed by atoms with Gasteiger partial charge in [-0.05, 0) is 38.8 Å². The van der Waals surface area contributed by atoms with Crippen molar-refractivity contribution in [3.63, 3.8) is 0 Å². The first-order valence-electron chi connectivity index (χ1n) is 6.63. The Morgan fingerprint density at radius 3 is 2.17 bits per heavy atom. The molecule has 0 saturated carbocycles. The van der Waals surface area contributed by atoms with Crippen molar-refractivity contribution in [3.05, 3.63) is 0 Å². The van der Waals surface area contributed by atoms with E-state index in [9.17, 15) is 13.2 Å². The molecule has 18 heavy (non-hydrogen) atoms. The fourth-order valence-corrected chi connectivity index (χ4v) is 2.82. The summed E-state index contributed by atoms with van der Waals surface area (Å²) in [5.74, 6) is -1.12. The lowest BCUT2D eigenvalue weighted by atomic mass is 9.96. The molecule has 2 fully saturated rings. The highest BCUT2D eigenvalue weighted by Gasteiger charge is 2.41. The number of nitrogens with zero attached hydrogens (tertiary/aromatic N) is 1. The second-order valence-electron chi connectivity index (χ2n) is 5.31. The Balaban J connectivity index is 1.71. The molecule has 0 aromatic carbocycles. The molecule has 2 aliphatic rings. The zero-order valence-electron chi connectivity index (χ0n) is 10.5. The van der Waals surface area contributed by atoms with E-state index >= 15 is 0 Å². The van der Waals surface area contributed by atoms with Crippen LogP contribution in [0.3, 0.4) is 0 Å². The Labute approximate surface area is 105 Å². The maximum Gasteiger partial charge on any atom is 0.391 e. The van der Waals surface area contributed by atoms with Crippen LogP contribution in [0.15, 0.2) is 0 Å². The molecule has 2 atom stereocenters. The largest absolute Gasteiger partial charge is 0.391 e. The minimum Gasteiger partial charge on any atom is -0.372 e. The van der Waals surface area contributed by atoms with E-state index in [1.54, 1.807) is 0 Å². The molecule has 0 aromatic rings. The summed E-state index contributed by atoms with van der Waals surface area (Å²) in [5.41, 5.74) is 5.53. The second kappa shape index (κ2) is 5.75. The van der Waals surface area contributed by atoms with Crippen LogP contribution in [-0.2, 0) is 4.74 Å². The van der Waals surface area contributed by atoms with Crippen molar-refractivity contribution in [2.75, 3.05) is 26.2 Å². The smallest absolute Gasteiger partial charge is 0.372 e. The summed E-state index contributed by atoms with van der Waals surface area (Å²) >= 11 is 0. The highest BCUT2D eigenvalue weighted by Crippen LogP contribution is 2.34. The highest BCUT2D eigenvalue weighted by atomic mass is 19.4. The van der Waals surface area contributed by atoms with Crippen molar-refractivity contribution >= 4 is 0 Å². The third-order valence-corrected chi connectivity index (χ3v) is 3.97. The molecule has 2 unspecified atom stereocenters. The lowest BCUT2D eigenvalue weighted by Gasteiger charge is -2.34. The third-order valence-electron chi connectivity index (χ3n) is 3.97. The normalized spacial score (nSPS) is 32.0. The van der Waals surface area contributed by atoms with Crippen LogP contribution in [0.4, 0.5) is 13.2 Å². The number of halogens is 3. The Bertz CT molecular complexity index is 265. The number of ether oxygens (including phenoxy) is 1. The molecule has 2 aliphatic heterocycles. The predicted molar refractivity (Wildman–Crippen MR) is 62.2 cm³/mol. The molecule has 2 saturated heterocycles. The van der Waals surface area contributed by atoms with E-state index in [1.807, 2.05) is 0 Å². The number of alkyl halides is 3. The zero-order chi connectivity index (χ0) is 13.2. The summed E-state index contributed by atoms with van der Waals surface area (Å²) in [6.07, 6.45) is -1.35. The van der Waals surface area contributed by atoms with Gasteiger partial charge in [0.1, 0.15) is 0 Å². The maximum absolute atomic E-state index is 12.5. The predicted octanol–water partition coefficient (Wildman–Crippen LogP) is 1.77. The first-order chi connectivity index (χ1) is 8.49. The number of hydrogen-bond acceptors (Lipinski definition) is 3. The van der Waals surface area contributed by atoms with Crippen LogP contribution in [0.25, 0.3) is 0 Å². The van der Waals surface area contributed by atoms with Crippen LogP contribution >= 0.6 is 0 Å². The number of rotatable bonds is 3. The number of piperidine rings is 1. The van der Waals surface area contributed by atoms with Crippen molar-refractivity contribution in [1.29, 1.82) is 0 Å². The van der Waals surface area contributed by atoms with E-state index in [0.717, 1.165) is 19.4 Å². The molecule has 0 aliphatic carbocycles. The molecular weight excluding hydrogens is 245 g/mol. The van der Waals surface area contributed by atoms with Gasteiger partial charge in [0, 0.05) is 13.1 Å². The van der Waals surface area contributed by atoms with E-state index in [1.165, 1.54) is 0 Å². The van der Waals surface area contributed by atoms with Crippen molar-refractivity contribution < 1.29 is 17.9 Å². The van der Waals surface area contributed by atoms with E-state index in [2.05, 4.69) is 4.90 Å². The lowest BCUT2D eigenvalue weighted by Crippen LogP contribution is -2.42. The second-order valence-corrected chi connectivity index (χ2v) is 5.31. The van der Waals surface area contributed by atoms with Crippen molar-refractivity contribution in [2.45, 2.75) is 44.1 Å². The van der Waals surface area contributed by atoms with Gasteiger partial charge in [-0.15, -0.1) is 0 Å². The SMILES string of the molecule is NCC1CCC(CN2CCC(C(F)(F)F)CC2)O1. The topological polar surface area (TPSA) is 38.5 Å². The minimum atomic E-state index is -4.03. The van der Waals surface area contributed by atoms with Crippen molar-refractivity contribution in [3.8, 4) is 0 Å². The van der Waals surface area contributed by atoms with Crippen LogP contribution in [0.1, 0.15) is 25.7 Å². The minimum absolute atomic E-state index is 0.141. The molecule has 0 bridgehead atoms. The van der Waals surface area contributed by atoms with Crippen LogP contribution in [0.2, 0.25) is 0 Å². The Morgan fingerprint density at radius 2 is 1.67 bits per heavy atom. The van der Waals surface area contributed by atoms with Gasteiger partial charge in [0.15, 0.2) is 0 Å². The van der Waals surface area contributed by atoms with Gasteiger partial charge in [-0.1, -0.05) is 0 Å². The summed E-state index contributed by atoms with van der Waals surface area (Å²) in [6.45, 7) is 2.34. The van der Waals surface area contributed by atoms with E-state index in [4.69, 9.17) is 10.5 Å². The van der Waals surface area contributed by atoms with Gasteiger partial charge in [-0.2, -0.15) is 13.2 Å². The summed E-state index contributed by atoms with van der Waals surface area (Å²) in [6, 6.07) is 0. The van der Waals surface area contributed by atoms with Gasteiger partial charge in [0.25, 0.3) is 0 Å². The third kappa shape index (κ3) is 3.59. The molecule has 106 valence electrons. The van der Waals surface area contributed by atoms with E-state index in [0.29, 0.717) is 19.6 Å². The van der Waals surface area contributed by atoms with Gasteiger partial charge in [-0.3, -0.25) is 0 Å². The first kappa shape index (κ1) is 14.1. The highest BCUT2D eigenvalue weighted by molar-refractivity contribution is 4.81. The van der Waals surface area contributed by atoms with Gasteiger partial charge in [0.2, 0.25) is 0 Å². The van der Waals surface area contributed by atoms with Gasteiger partial charge < -0.3 is 15.4 Å². The Morgan fingerprint density at radius 1 is 1.06 bits per heavy atom. The molecular formula is C12H21F3N2O. The average Bonchev–Trinajstić information content (AvgIpc) is 2.76. The van der Waals surface area contributed by atoms with Crippen LogP contribution in [-0.4, -0.2) is 49.5 Å². The van der Waals surface area contributed by atoms with Gasteiger partial charge in [-0.25, -0.2) is 0 Å². The zero-order valence-corrected chi connectivity index (χ0v) is 10.5. The summed E-state index contributed by atoms with van der Waals surface area (Å²) in [5, 5.41) is 0. The summed E-state index contributed by atoms with van der Waals surface area (Å²) in [4.78, 5) is 2.09. The van der Waals surface area contributed by atoms with E-state index < -0.39 is 12.1 Å². The van der Waals surface area contributed by atoms with Crippen molar-refractivity contribution in [1.82, 2.24) is 4.90 Å². The molecule has 3 nitrogen and oxygen atoms in total. The molecule has 6 heteroatoms. The molecule has 0 amide bonds. The molecule has 0 radical (unpaired) electrons. The lowest BCUT2D eigenvalue weighted by molar-refractivity contribution is -0.185. The standard InChI is InChI=1S/C12H21F3N2O/c13-12(14,15)9-3-5-17(6-4-9)8-11-2-1-10(7-16)18-11/h9-11H,1-8,16H2. The van der Waals surface area contributed by atoms with Crippen LogP contribution in [0.5, 0.6) is 0 Å². The molecule has 0 aromatic heterocycles. The number of likely N-dealkylation sites (tertiary alicyclic amines) is 1. The first-order valence-corrected chi connectivity index (χ1v) is 6.63. The number of hydrogen-bond donors (Lipinski definition) is 1. The van der Waals surface area contributed by atoms with Crippen LogP contribution in [0, 0.1) is 5.92 Å². The number of nitrogens with two attached hydrogens (primary N) is 1. The molecule has 2 rings (SSSR count). The summed E-state index contributed by atoms with van der Waals surface area (Å²) in [7, 11) is 0. The molecule has 2 heterocycles. The van der Waals surface area contributed by atoms with Gasteiger partial charge >= 0.3 is 6.18 Å². The summed E-state index contributed by atoms with van der Waals surface area (Å²) < 4.78 is 43.3. The quantitative estimate of drug-likeness (QED) is 0.846. The Hall–Kier alpha value is -0.330. The van der Waals surface area contributed by atoms with E-state index in [-0.39, 0.29) is 25.0 Å². The Kier molecular flexibility index (Phi) is 4.50. The average molecular weight is 266 g/mol. The fourth-order valence-electron chi connectivity index (χ4n) is 2.82. The molecule has 2 N–H and O–H groups in total. The monoisotopic (exact) mass is 266 g/mol. The van der Waals surface area contributed by atoms with Gasteiger partial charge in [0.05, 0.1) is 18.1 Å². The van der Waals surface area contributed by atoms with Crippen LogP contribution < -0.4 is 5.73 Å². The fraction of sp³-hybridized carbons (Fsp3) is 1.00.